The van der Waals surface area contributed by atoms with Crippen molar-refractivity contribution in [1.29, 1.82) is 0 Å². The van der Waals surface area contributed by atoms with E-state index >= 15 is 0 Å². The van der Waals surface area contributed by atoms with Gasteiger partial charge in [-0.15, -0.1) is 0 Å². The zero-order valence-corrected chi connectivity index (χ0v) is 30.0. The van der Waals surface area contributed by atoms with Crippen molar-refractivity contribution in [2.75, 3.05) is 0 Å². The van der Waals surface area contributed by atoms with E-state index in [4.69, 9.17) is 19.7 Å². The molecule has 55 heavy (non-hydrogen) atoms. The normalized spacial score (nSPS) is 15.5. The first-order valence-electron chi connectivity index (χ1n) is 18.7. The van der Waals surface area contributed by atoms with Crippen molar-refractivity contribution in [3.63, 3.8) is 0 Å². The number of fused-ring (bicyclic) bond motifs is 3. The quantitative estimate of drug-likeness (QED) is 0.166. The highest BCUT2D eigenvalue weighted by molar-refractivity contribution is 5.81. The molecule has 0 saturated carbocycles. The SMILES string of the molecule is C1=CC2c3c(cccc3-c3nc(-c4ccccc4)nc(-c4ccc(-c5ccc(-c6ccccc6)cc5)cc4)n3)OC2C(c2ccc(-c3ccccc3)cc2)=C1. The first kappa shape index (κ1) is 32.5. The summed E-state index contributed by atoms with van der Waals surface area (Å²) in [6, 6.07) is 63.3. The highest BCUT2D eigenvalue weighted by Gasteiger charge is 2.39. The van der Waals surface area contributed by atoms with E-state index in [0.29, 0.717) is 17.5 Å². The molecule has 4 nitrogen and oxygen atoms in total. The standard InChI is InChI=1S/C51H35N3O/c1-4-12-34(13-5-1)36-22-24-38(25-23-36)39-28-32-42(33-29-39)50-52-49(41-16-8-3-9-17-41)53-51(54-50)45-20-11-21-46-47(45)44-19-10-18-43(48(44)55-46)40-30-26-37(27-31-40)35-14-6-2-7-15-35/h1-33,44,48H. The Hall–Kier alpha value is -7.17. The number of rotatable bonds is 7. The molecule has 1 aromatic heterocycles. The van der Waals surface area contributed by atoms with Gasteiger partial charge in [0, 0.05) is 33.7 Å². The Labute approximate surface area is 320 Å². The number of allylic oxidation sites excluding steroid dienone is 2. The lowest BCUT2D eigenvalue weighted by molar-refractivity contribution is 0.278. The number of nitrogens with zero attached hydrogens (tertiary/aromatic N) is 3. The average Bonchev–Trinajstić information content (AvgIpc) is 3.67. The summed E-state index contributed by atoms with van der Waals surface area (Å²) in [5.41, 5.74) is 13.3. The van der Waals surface area contributed by atoms with Gasteiger partial charge < -0.3 is 4.74 Å². The first-order chi connectivity index (χ1) is 27.2. The molecular weight excluding hydrogens is 671 g/mol. The van der Waals surface area contributed by atoms with Gasteiger partial charge in [0.25, 0.3) is 0 Å². The van der Waals surface area contributed by atoms with Crippen LogP contribution in [0.2, 0.25) is 0 Å². The van der Waals surface area contributed by atoms with Gasteiger partial charge in [-0.1, -0.05) is 194 Å². The Balaban J connectivity index is 0.989. The molecular formula is C51H35N3O. The molecule has 2 unspecified atom stereocenters. The van der Waals surface area contributed by atoms with Crippen LogP contribution >= 0.6 is 0 Å². The van der Waals surface area contributed by atoms with E-state index in [1.54, 1.807) is 0 Å². The predicted octanol–water partition coefficient (Wildman–Crippen LogP) is 12.4. The van der Waals surface area contributed by atoms with Crippen molar-refractivity contribution in [3.8, 4) is 73.3 Å². The molecule has 0 radical (unpaired) electrons. The molecule has 2 heterocycles. The van der Waals surface area contributed by atoms with Crippen molar-refractivity contribution in [2.45, 2.75) is 12.0 Å². The Kier molecular flexibility index (Phi) is 8.27. The smallest absolute Gasteiger partial charge is 0.164 e. The minimum atomic E-state index is -0.159. The third-order valence-electron chi connectivity index (χ3n) is 10.6. The van der Waals surface area contributed by atoms with E-state index in [0.717, 1.165) is 50.3 Å². The minimum absolute atomic E-state index is 0.00736. The molecule has 2 aliphatic rings. The molecule has 0 N–H and O–H groups in total. The van der Waals surface area contributed by atoms with Crippen molar-refractivity contribution in [3.05, 3.63) is 211 Å². The van der Waals surface area contributed by atoms with Crippen LogP contribution in [0.4, 0.5) is 0 Å². The molecule has 0 fully saturated rings. The van der Waals surface area contributed by atoms with E-state index in [2.05, 4.69) is 152 Å². The zero-order chi connectivity index (χ0) is 36.6. The lowest BCUT2D eigenvalue weighted by Gasteiger charge is -2.23. The monoisotopic (exact) mass is 705 g/mol. The zero-order valence-electron chi connectivity index (χ0n) is 30.0. The van der Waals surface area contributed by atoms with E-state index in [-0.39, 0.29) is 12.0 Å². The summed E-state index contributed by atoms with van der Waals surface area (Å²) in [4.78, 5) is 15.3. The summed E-state index contributed by atoms with van der Waals surface area (Å²) in [5.74, 6) is 2.75. The van der Waals surface area contributed by atoms with Gasteiger partial charge in [0.15, 0.2) is 17.5 Å². The van der Waals surface area contributed by atoms with Crippen molar-refractivity contribution < 1.29 is 4.74 Å². The van der Waals surface area contributed by atoms with Crippen LogP contribution in [0.1, 0.15) is 17.0 Å². The molecule has 0 bridgehead atoms. The van der Waals surface area contributed by atoms with Crippen molar-refractivity contribution in [1.82, 2.24) is 15.0 Å². The Morgan fingerprint density at radius 3 is 1.31 bits per heavy atom. The predicted molar refractivity (Wildman–Crippen MR) is 223 cm³/mol. The number of hydrogen-bond acceptors (Lipinski definition) is 4. The second kappa shape index (κ2) is 14.0. The fraction of sp³-hybridized carbons (Fsp3) is 0.0392. The maximum atomic E-state index is 6.78. The molecule has 8 aromatic rings. The first-order valence-corrected chi connectivity index (χ1v) is 18.7. The second-order valence-electron chi connectivity index (χ2n) is 13.9. The third-order valence-corrected chi connectivity index (χ3v) is 10.6. The van der Waals surface area contributed by atoms with Crippen LogP contribution in [0.5, 0.6) is 5.75 Å². The molecule has 0 saturated heterocycles. The molecule has 1 aliphatic carbocycles. The highest BCUT2D eigenvalue weighted by atomic mass is 16.5. The maximum Gasteiger partial charge on any atom is 0.164 e. The van der Waals surface area contributed by atoms with Gasteiger partial charge in [0.05, 0.1) is 0 Å². The van der Waals surface area contributed by atoms with Crippen LogP contribution in [0.25, 0.3) is 73.1 Å². The fourth-order valence-corrected chi connectivity index (χ4v) is 7.76. The molecule has 260 valence electrons. The summed E-state index contributed by atoms with van der Waals surface area (Å²) in [7, 11) is 0. The van der Waals surface area contributed by atoms with Crippen molar-refractivity contribution in [2.24, 2.45) is 0 Å². The summed E-state index contributed by atoms with van der Waals surface area (Å²) < 4.78 is 6.78. The largest absolute Gasteiger partial charge is 0.484 e. The van der Waals surface area contributed by atoms with Crippen LogP contribution < -0.4 is 4.74 Å². The molecule has 1 aliphatic heterocycles. The summed E-state index contributed by atoms with van der Waals surface area (Å²) in [6.07, 6.45) is 6.42. The summed E-state index contributed by atoms with van der Waals surface area (Å²) in [6.45, 7) is 0. The Bertz CT molecular complexity index is 2690. The average molecular weight is 706 g/mol. The van der Waals surface area contributed by atoms with E-state index in [1.165, 1.54) is 22.3 Å². The topological polar surface area (TPSA) is 47.9 Å². The van der Waals surface area contributed by atoms with Gasteiger partial charge in [-0.3, -0.25) is 0 Å². The lowest BCUT2D eigenvalue weighted by Crippen LogP contribution is -2.21. The summed E-state index contributed by atoms with van der Waals surface area (Å²) in [5, 5.41) is 0. The van der Waals surface area contributed by atoms with Gasteiger partial charge >= 0.3 is 0 Å². The van der Waals surface area contributed by atoms with E-state index < -0.39 is 0 Å². The molecule has 10 rings (SSSR count). The number of hydrogen-bond donors (Lipinski definition) is 0. The molecule has 0 amide bonds. The van der Waals surface area contributed by atoms with Gasteiger partial charge in [0.2, 0.25) is 0 Å². The Morgan fingerprint density at radius 2 is 0.782 bits per heavy atom. The van der Waals surface area contributed by atoms with Crippen LogP contribution in [-0.4, -0.2) is 21.1 Å². The lowest BCUT2D eigenvalue weighted by atomic mass is 9.82. The third kappa shape index (κ3) is 6.24. The number of benzene rings is 7. The van der Waals surface area contributed by atoms with E-state index in [1.807, 2.05) is 48.5 Å². The van der Waals surface area contributed by atoms with Crippen molar-refractivity contribution >= 4 is 5.57 Å². The van der Waals surface area contributed by atoms with Crippen LogP contribution in [0.15, 0.2) is 200 Å². The summed E-state index contributed by atoms with van der Waals surface area (Å²) >= 11 is 0. The highest BCUT2D eigenvalue weighted by Crippen LogP contribution is 2.49. The van der Waals surface area contributed by atoms with Gasteiger partial charge in [0.1, 0.15) is 11.9 Å². The van der Waals surface area contributed by atoms with Gasteiger partial charge in [-0.25, -0.2) is 15.0 Å². The Morgan fingerprint density at radius 1 is 0.364 bits per heavy atom. The van der Waals surface area contributed by atoms with Crippen LogP contribution in [-0.2, 0) is 0 Å². The van der Waals surface area contributed by atoms with Gasteiger partial charge in [-0.05, 0) is 45.0 Å². The molecule has 2 atom stereocenters. The van der Waals surface area contributed by atoms with Crippen LogP contribution in [0, 0.1) is 0 Å². The van der Waals surface area contributed by atoms with E-state index in [9.17, 15) is 0 Å². The minimum Gasteiger partial charge on any atom is -0.484 e. The molecule has 0 spiro atoms. The fourth-order valence-electron chi connectivity index (χ4n) is 7.76. The number of ether oxygens (including phenoxy) is 1. The van der Waals surface area contributed by atoms with Crippen LogP contribution in [0.3, 0.4) is 0 Å². The number of aromatic nitrogens is 3. The molecule has 7 aromatic carbocycles. The maximum absolute atomic E-state index is 6.78. The second-order valence-corrected chi connectivity index (χ2v) is 13.9. The van der Waals surface area contributed by atoms with Gasteiger partial charge in [-0.2, -0.15) is 0 Å². The molecule has 4 heteroatoms.